The molecule has 1 aromatic heterocycles. The van der Waals surface area contributed by atoms with Gasteiger partial charge in [0.05, 0.1) is 0 Å². The SMILES string of the molecule is NNC(=O)c1cc(-c2ccc(OCc3ccccc3)cc2)on1. The van der Waals surface area contributed by atoms with Crippen LogP contribution in [0.4, 0.5) is 0 Å². The number of nitrogens with two attached hydrogens (primary N) is 1. The molecule has 0 spiro atoms. The van der Waals surface area contributed by atoms with Crippen molar-refractivity contribution in [3.8, 4) is 17.1 Å². The lowest BCUT2D eigenvalue weighted by molar-refractivity contribution is 0.0944. The van der Waals surface area contributed by atoms with Crippen molar-refractivity contribution in [2.45, 2.75) is 6.61 Å². The second-order valence-electron chi connectivity index (χ2n) is 4.85. The van der Waals surface area contributed by atoms with Crippen LogP contribution in [0.5, 0.6) is 5.75 Å². The Bertz CT molecular complexity index is 782. The van der Waals surface area contributed by atoms with Gasteiger partial charge in [0.1, 0.15) is 12.4 Å². The zero-order chi connectivity index (χ0) is 16.1. The molecule has 1 amide bonds. The summed E-state index contributed by atoms with van der Waals surface area (Å²) in [6, 6.07) is 18.8. The van der Waals surface area contributed by atoms with Gasteiger partial charge in [-0.1, -0.05) is 35.5 Å². The molecule has 116 valence electrons. The molecule has 6 nitrogen and oxygen atoms in total. The molecule has 3 rings (SSSR count). The highest BCUT2D eigenvalue weighted by Gasteiger charge is 2.12. The number of carbonyl (C=O) groups is 1. The number of aromatic nitrogens is 1. The molecule has 0 saturated carbocycles. The highest BCUT2D eigenvalue weighted by molar-refractivity contribution is 5.92. The fourth-order valence-corrected chi connectivity index (χ4v) is 2.05. The van der Waals surface area contributed by atoms with Crippen LogP contribution in [0, 0.1) is 0 Å². The standard InChI is InChI=1S/C17H15N3O3/c18-19-17(21)15-10-16(23-20-15)13-6-8-14(9-7-13)22-11-12-4-2-1-3-5-12/h1-10H,11,18H2,(H,19,21). The number of ether oxygens (including phenoxy) is 1. The van der Waals surface area contributed by atoms with Gasteiger partial charge in [0.15, 0.2) is 11.5 Å². The van der Waals surface area contributed by atoms with Crippen molar-refractivity contribution in [1.82, 2.24) is 10.6 Å². The normalized spacial score (nSPS) is 10.3. The van der Waals surface area contributed by atoms with Crippen LogP contribution in [-0.2, 0) is 6.61 Å². The summed E-state index contributed by atoms with van der Waals surface area (Å²) >= 11 is 0. The largest absolute Gasteiger partial charge is 0.489 e. The first kappa shape index (κ1) is 14.8. The quantitative estimate of drug-likeness (QED) is 0.429. The number of amides is 1. The van der Waals surface area contributed by atoms with Gasteiger partial charge < -0.3 is 9.26 Å². The molecule has 1 heterocycles. The maximum absolute atomic E-state index is 11.4. The van der Waals surface area contributed by atoms with E-state index in [4.69, 9.17) is 15.1 Å². The fourth-order valence-electron chi connectivity index (χ4n) is 2.05. The van der Waals surface area contributed by atoms with Gasteiger partial charge in [-0.2, -0.15) is 0 Å². The Hall–Kier alpha value is -3.12. The third kappa shape index (κ3) is 3.56. The van der Waals surface area contributed by atoms with E-state index in [9.17, 15) is 4.79 Å². The van der Waals surface area contributed by atoms with E-state index in [1.807, 2.05) is 60.0 Å². The van der Waals surface area contributed by atoms with Gasteiger partial charge in [0.2, 0.25) is 0 Å². The Kier molecular flexibility index (Phi) is 4.35. The molecule has 0 atom stereocenters. The number of nitrogens with one attached hydrogen (secondary N) is 1. The number of nitrogen functional groups attached to an aromatic ring is 1. The summed E-state index contributed by atoms with van der Waals surface area (Å²) in [5.74, 6) is 5.79. The summed E-state index contributed by atoms with van der Waals surface area (Å²) in [4.78, 5) is 11.4. The van der Waals surface area contributed by atoms with E-state index in [1.165, 1.54) is 6.07 Å². The number of benzene rings is 2. The van der Waals surface area contributed by atoms with Gasteiger partial charge in [-0.25, -0.2) is 5.84 Å². The van der Waals surface area contributed by atoms with Crippen molar-refractivity contribution in [2.24, 2.45) is 5.84 Å². The van der Waals surface area contributed by atoms with E-state index in [2.05, 4.69) is 5.16 Å². The molecule has 0 bridgehead atoms. The molecule has 3 N–H and O–H groups in total. The molecule has 0 unspecified atom stereocenters. The average Bonchev–Trinajstić information content (AvgIpc) is 3.11. The van der Waals surface area contributed by atoms with Crippen molar-refractivity contribution in [1.29, 1.82) is 0 Å². The zero-order valence-electron chi connectivity index (χ0n) is 12.2. The van der Waals surface area contributed by atoms with Crippen molar-refractivity contribution in [3.05, 3.63) is 71.9 Å². The second kappa shape index (κ2) is 6.76. The van der Waals surface area contributed by atoms with Gasteiger partial charge in [0, 0.05) is 11.6 Å². The Morgan fingerprint density at radius 3 is 2.57 bits per heavy atom. The number of carbonyl (C=O) groups excluding carboxylic acids is 1. The third-order valence-electron chi connectivity index (χ3n) is 3.26. The van der Waals surface area contributed by atoms with E-state index >= 15 is 0 Å². The van der Waals surface area contributed by atoms with Crippen LogP contribution in [0.3, 0.4) is 0 Å². The van der Waals surface area contributed by atoms with E-state index in [-0.39, 0.29) is 5.69 Å². The highest BCUT2D eigenvalue weighted by atomic mass is 16.5. The Labute approximate surface area is 132 Å². The van der Waals surface area contributed by atoms with Crippen molar-refractivity contribution in [2.75, 3.05) is 0 Å². The van der Waals surface area contributed by atoms with Crippen LogP contribution in [0.25, 0.3) is 11.3 Å². The molecule has 0 fully saturated rings. The van der Waals surface area contributed by atoms with Gasteiger partial charge in [-0.3, -0.25) is 10.2 Å². The number of hydrogen-bond acceptors (Lipinski definition) is 5. The summed E-state index contributed by atoms with van der Waals surface area (Å²) < 4.78 is 10.9. The molecule has 0 radical (unpaired) electrons. The predicted octanol–water partition coefficient (Wildman–Crippen LogP) is 2.52. The fraction of sp³-hybridized carbons (Fsp3) is 0.0588. The smallest absolute Gasteiger partial charge is 0.287 e. The number of hydrazine groups is 1. The van der Waals surface area contributed by atoms with Crippen molar-refractivity contribution < 1.29 is 14.1 Å². The minimum absolute atomic E-state index is 0.131. The van der Waals surface area contributed by atoms with Gasteiger partial charge >= 0.3 is 0 Å². The maximum Gasteiger partial charge on any atom is 0.287 e. The van der Waals surface area contributed by atoms with E-state index in [0.29, 0.717) is 12.4 Å². The van der Waals surface area contributed by atoms with Crippen LogP contribution in [0.15, 0.2) is 65.2 Å². The molecule has 6 heteroatoms. The first-order valence-corrected chi connectivity index (χ1v) is 7.01. The Balaban J connectivity index is 1.67. The Morgan fingerprint density at radius 1 is 1.13 bits per heavy atom. The first-order valence-electron chi connectivity index (χ1n) is 7.01. The first-order chi connectivity index (χ1) is 11.3. The number of hydrogen-bond donors (Lipinski definition) is 2. The van der Waals surface area contributed by atoms with Gasteiger partial charge in [-0.05, 0) is 29.8 Å². The zero-order valence-corrected chi connectivity index (χ0v) is 12.2. The molecular weight excluding hydrogens is 294 g/mol. The lowest BCUT2D eigenvalue weighted by Gasteiger charge is -2.06. The molecule has 23 heavy (non-hydrogen) atoms. The van der Waals surface area contributed by atoms with Crippen LogP contribution in [-0.4, -0.2) is 11.1 Å². The summed E-state index contributed by atoms with van der Waals surface area (Å²) in [7, 11) is 0. The van der Waals surface area contributed by atoms with E-state index < -0.39 is 5.91 Å². The lowest BCUT2D eigenvalue weighted by atomic mass is 10.1. The predicted molar refractivity (Wildman–Crippen MR) is 84.4 cm³/mol. The average molecular weight is 309 g/mol. The molecule has 2 aromatic carbocycles. The maximum atomic E-state index is 11.4. The monoisotopic (exact) mass is 309 g/mol. The van der Waals surface area contributed by atoms with E-state index in [1.54, 1.807) is 0 Å². The summed E-state index contributed by atoms with van der Waals surface area (Å²) in [5.41, 5.74) is 4.03. The highest BCUT2D eigenvalue weighted by Crippen LogP contribution is 2.23. The Morgan fingerprint density at radius 2 is 1.87 bits per heavy atom. The van der Waals surface area contributed by atoms with Gasteiger partial charge in [0.25, 0.3) is 5.91 Å². The van der Waals surface area contributed by atoms with Crippen LogP contribution in [0.2, 0.25) is 0 Å². The lowest BCUT2D eigenvalue weighted by Crippen LogP contribution is -2.30. The van der Waals surface area contributed by atoms with Gasteiger partial charge in [-0.15, -0.1) is 0 Å². The topological polar surface area (TPSA) is 90.4 Å². The third-order valence-corrected chi connectivity index (χ3v) is 3.26. The molecule has 3 aromatic rings. The van der Waals surface area contributed by atoms with Crippen molar-refractivity contribution in [3.63, 3.8) is 0 Å². The number of nitrogens with zero attached hydrogens (tertiary/aromatic N) is 1. The molecular formula is C17H15N3O3. The minimum atomic E-state index is -0.497. The minimum Gasteiger partial charge on any atom is -0.489 e. The van der Waals surface area contributed by atoms with Crippen LogP contribution >= 0.6 is 0 Å². The molecule has 0 aliphatic rings. The second-order valence-corrected chi connectivity index (χ2v) is 4.85. The summed E-state index contributed by atoms with van der Waals surface area (Å²) in [6.45, 7) is 0.503. The van der Waals surface area contributed by atoms with Crippen molar-refractivity contribution >= 4 is 5.91 Å². The van der Waals surface area contributed by atoms with Crippen LogP contribution < -0.4 is 16.0 Å². The summed E-state index contributed by atoms with van der Waals surface area (Å²) in [6.07, 6.45) is 0. The van der Waals surface area contributed by atoms with E-state index in [0.717, 1.165) is 16.9 Å². The summed E-state index contributed by atoms with van der Waals surface area (Å²) in [5, 5.41) is 3.66. The van der Waals surface area contributed by atoms with Crippen LogP contribution in [0.1, 0.15) is 16.1 Å². The number of rotatable bonds is 5. The molecule has 0 aliphatic carbocycles. The molecule has 0 saturated heterocycles. The molecule has 0 aliphatic heterocycles.